The van der Waals surface area contributed by atoms with Crippen molar-refractivity contribution in [2.75, 3.05) is 0 Å². The fourth-order valence-electron chi connectivity index (χ4n) is 1.01. The second kappa shape index (κ2) is 5.59. The van der Waals surface area contributed by atoms with Crippen molar-refractivity contribution in [2.45, 2.75) is 32.9 Å². The molecule has 3 heteroatoms. The van der Waals surface area contributed by atoms with Crippen molar-refractivity contribution < 1.29 is 12.4 Å². The fraction of sp³-hybridized carbons (Fsp3) is 0.455. The van der Waals surface area contributed by atoms with Gasteiger partial charge < -0.3 is 17.7 Å². The highest BCUT2D eigenvalue weighted by atomic mass is 35.5. The SMILES string of the molecule is CC(C)(C)NCc1cccc(Cl)c1.[Cl-]. The number of rotatable bonds is 2. The zero-order valence-corrected chi connectivity index (χ0v) is 10.3. The molecule has 1 N–H and O–H groups in total. The molecule has 1 aromatic carbocycles. The van der Waals surface area contributed by atoms with Gasteiger partial charge in [-0.2, -0.15) is 0 Å². The average molecular weight is 233 g/mol. The first-order chi connectivity index (χ1) is 5.97. The summed E-state index contributed by atoms with van der Waals surface area (Å²) in [5.74, 6) is 0. The molecular formula is C11H16Cl2N-. The van der Waals surface area contributed by atoms with Crippen molar-refractivity contribution >= 4 is 11.6 Å². The first kappa shape index (κ1) is 13.8. The van der Waals surface area contributed by atoms with Gasteiger partial charge in [-0.25, -0.2) is 0 Å². The Hall–Kier alpha value is -0.240. The van der Waals surface area contributed by atoms with Gasteiger partial charge in [-0.1, -0.05) is 23.7 Å². The quantitative estimate of drug-likeness (QED) is 0.771. The van der Waals surface area contributed by atoms with Crippen LogP contribution in [0.1, 0.15) is 26.3 Å². The van der Waals surface area contributed by atoms with Crippen LogP contribution in [0, 0.1) is 0 Å². The van der Waals surface area contributed by atoms with Crippen LogP contribution in [0.5, 0.6) is 0 Å². The molecule has 1 aromatic rings. The van der Waals surface area contributed by atoms with Crippen LogP contribution in [-0.2, 0) is 6.54 Å². The maximum absolute atomic E-state index is 5.87. The summed E-state index contributed by atoms with van der Waals surface area (Å²) in [5, 5.41) is 4.21. The maximum Gasteiger partial charge on any atom is 0.0409 e. The third kappa shape index (κ3) is 5.48. The van der Waals surface area contributed by atoms with Crippen LogP contribution in [0.3, 0.4) is 0 Å². The first-order valence-corrected chi connectivity index (χ1v) is 4.85. The molecule has 0 atom stereocenters. The minimum atomic E-state index is 0. The van der Waals surface area contributed by atoms with E-state index in [1.807, 2.05) is 18.2 Å². The summed E-state index contributed by atoms with van der Waals surface area (Å²) in [6.45, 7) is 7.32. The molecule has 0 amide bonds. The smallest absolute Gasteiger partial charge is 0.0409 e. The summed E-state index contributed by atoms with van der Waals surface area (Å²) in [6, 6.07) is 7.93. The predicted molar refractivity (Wildman–Crippen MR) is 58.0 cm³/mol. The Labute approximate surface area is 97.3 Å². The number of halogens is 2. The molecule has 1 rings (SSSR count). The van der Waals surface area contributed by atoms with Gasteiger partial charge in [-0.15, -0.1) is 0 Å². The lowest BCUT2D eigenvalue weighted by molar-refractivity contribution is -0.00000336. The standard InChI is InChI=1S/C11H16ClN.ClH/c1-11(2,3)13-8-9-5-4-6-10(12)7-9;/h4-7,13H,8H2,1-3H3;1H/p-1. The van der Waals surface area contributed by atoms with Crippen LogP contribution in [0.15, 0.2) is 24.3 Å². The van der Waals surface area contributed by atoms with Crippen molar-refractivity contribution in [3.63, 3.8) is 0 Å². The van der Waals surface area contributed by atoms with E-state index in [2.05, 4.69) is 32.2 Å². The van der Waals surface area contributed by atoms with E-state index in [0.29, 0.717) is 0 Å². The molecule has 0 aromatic heterocycles. The van der Waals surface area contributed by atoms with E-state index < -0.39 is 0 Å². The Morgan fingerprint density at radius 1 is 1.29 bits per heavy atom. The first-order valence-electron chi connectivity index (χ1n) is 4.47. The normalized spacial score (nSPS) is 10.9. The van der Waals surface area contributed by atoms with Gasteiger partial charge in [0, 0.05) is 17.1 Å². The van der Waals surface area contributed by atoms with E-state index in [1.54, 1.807) is 0 Å². The van der Waals surface area contributed by atoms with Gasteiger partial charge in [0.1, 0.15) is 0 Å². The largest absolute Gasteiger partial charge is 1.00 e. The van der Waals surface area contributed by atoms with Gasteiger partial charge in [0.15, 0.2) is 0 Å². The second-order valence-corrected chi connectivity index (χ2v) is 4.67. The summed E-state index contributed by atoms with van der Waals surface area (Å²) in [6.07, 6.45) is 0. The molecule has 0 spiro atoms. The summed E-state index contributed by atoms with van der Waals surface area (Å²) < 4.78 is 0. The highest BCUT2D eigenvalue weighted by Gasteiger charge is 2.07. The molecule has 0 aliphatic rings. The van der Waals surface area contributed by atoms with Crippen LogP contribution in [-0.4, -0.2) is 5.54 Å². The van der Waals surface area contributed by atoms with E-state index in [4.69, 9.17) is 11.6 Å². The molecular weight excluding hydrogens is 217 g/mol. The minimum absolute atomic E-state index is 0. The highest BCUT2D eigenvalue weighted by molar-refractivity contribution is 6.30. The Kier molecular flexibility index (Phi) is 5.50. The molecule has 1 nitrogen and oxygen atoms in total. The summed E-state index contributed by atoms with van der Waals surface area (Å²) in [4.78, 5) is 0. The summed E-state index contributed by atoms with van der Waals surface area (Å²) in [5.41, 5.74) is 1.38. The van der Waals surface area contributed by atoms with Crippen molar-refractivity contribution in [3.05, 3.63) is 34.9 Å². The van der Waals surface area contributed by atoms with E-state index >= 15 is 0 Å². The summed E-state index contributed by atoms with van der Waals surface area (Å²) in [7, 11) is 0. The molecule has 0 aliphatic heterocycles. The summed E-state index contributed by atoms with van der Waals surface area (Å²) >= 11 is 5.87. The number of hydrogen-bond donors (Lipinski definition) is 1. The van der Waals surface area contributed by atoms with Crippen molar-refractivity contribution in [1.82, 2.24) is 5.32 Å². The van der Waals surface area contributed by atoms with Crippen molar-refractivity contribution in [2.24, 2.45) is 0 Å². The van der Waals surface area contributed by atoms with Gasteiger partial charge in [0.2, 0.25) is 0 Å². The molecule has 0 radical (unpaired) electrons. The predicted octanol–water partition coefficient (Wildman–Crippen LogP) is 0.232. The van der Waals surface area contributed by atoms with E-state index in [9.17, 15) is 0 Å². The molecule has 0 fully saturated rings. The maximum atomic E-state index is 5.87. The van der Waals surface area contributed by atoms with Gasteiger partial charge in [-0.3, -0.25) is 0 Å². The van der Waals surface area contributed by atoms with Gasteiger partial charge in [-0.05, 0) is 38.5 Å². The van der Waals surface area contributed by atoms with Crippen LogP contribution in [0.25, 0.3) is 0 Å². The molecule has 0 unspecified atom stereocenters. The number of nitrogens with one attached hydrogen (secondary N) is 1. The zero-order chi connectivity index (χ0) is 9.90. The third-order valence-electron chi connectivity index (χ3n) is 1.71. The lowest BCUT2D eigenvalue weighted by atomic mass is 10.1. The molecule has 0 saturated heterocycles. The van der Waals surface area contributed by atoms with Crippen molar-refractivity contribution in [1.29, 1.82) is 0 Å². The van der Waals surface area contributed by atoms with Crippen molar-refractivity contribution in [3.8, 4) is 0 Å². The third-order valence-corrected chi connectivity index (χ3v) is 1.95. The monoisotopic (exact) mass is 232 g/mol. The lowest BCUT2D eigenvalue weighted by Gasteiger charge is -2.20. The van der Waals surface area contributed by atoms with E-state index in [0.717, 1.165) is 11.6 Å². The molecule has 0 bridgehead atoms. The van der Waals surface area contributed by atoms with Crippen LogP contribution >= 0.6 is 11.6 Å². The Morgan fingerprint density at radius 3 is 2.43 bits per heavy atom. The topological polar surface area (TPSA) is 12.0 Å². The molecule has 0 saturated carbocycles. The Bertz CT molecular complexity index is 279. The Balaban J connectivity index is 0.00000169. The van der Waals surface area contributed by atoms with E-state index in [1.165, 1.54) is 5.56 Å². The van der Waals surface area contributed by atoms with Gasteiger partial charge >= 0.3 is 0 Å². The highest BCUT2D eigenvalue weighted by Crippen LogP contribution is 2.11. The molecule has 0 heterocycles. The van der Waals surface area contributed by atoms with Gasteiger partial charge in [0.05, 0.1) is 0 Å². The van der Waals surface area contributed by atoms with Crippen LogP contribution < -0.4 is 17.7 Å². The zero-order valence-electron chi connectivity index (χ0n) is 8.77. The lowest BCUT2D eigenvalue weighted by Crippen LogP contribution is -3.00. The Morgan fingerprint density at radius 2 is 1.93 bits per heavy atom. The van der Waals surface area contributed by atoms with Gasteiger partial charge in [0.25, 0.3) is 0 Å². The second-order valence-electron chi connectivity index (χ2n) is 4.23. The minimum Gasteiger partial charge on any atom is -1.00 e. The number of benzene rings is 1. The van der Waals surface area contributed by atoms with Crippen LogP contribution in [0.4, 0.5) is 0 Å². The van der Waals surface area contributed by atoms with Crippen LogP contribution in [0.2, 0.25) is 5.02 Å². The fourth-order valence-corrected chi connectivity index (χ4v) is 1.23. The van der Waals surface area contributed by atoms with E-state index in [-0.39, 0.29) is 17.9 Å². The number of hydrogen-bond acceptors (Lipinski definition) is 1. The molecule has 0 aliphatic carbocycles. The molecule has 14 heavy (non-hydrogen) atoms. The molecule has 80 valence electrons. The average Bonchev–Trinajstić information content (AvgIpc) is 2.00.